The SMILES string of the molecule is O=C(Cc1cccs1)Nc1ccc2c(c1)N(C(=O)c1ccco1)CC2. The summed E-state index contributed by atoms with van der Waals surface area (Å²) in [6, 6.07) is 12.9. The van der Waals surface area contributed by atoms with Crippen LogP contribution in [0.4, 0.5) is 11.4 Å². The van der Waals surface area contributed by atoms with Crippen molar-refractivity contribution in [2.75, 3.05) is 16.8 Å². The first kappa shape index (κ1) is 15.7. The minimum Gasteiger partial charge on any atom is -0.459 e. The zero-order valence-electron chi connectivity index (χ0n) is 13.4. The average molecular weight is 352 g/mol. The van der Waals surface area contributed by atoms with Gasteiger partial charge in [0.15, 0.2) is 5.76 Å². The molecule has 4 rings (SSSR count). The van der Waals surface area contributed by atoms with Crippen molar-refractivity contribution in [3.05, 3.63) is 70.3 Å². The van der Waals surface area contributed by atoms with Gasteiger partial charge in [-0.25, -0.2) is 0 Å². The molecule has 5 nitrogen and oxygen atoms in total. The Morgan fingerprint density at radius 2 is 2.12 bits per heavy atom. The third-order valence-electron chi connectivity index (χ3n) is 4.16. The number of carbonyl (C=O) groups excluding carboxylic acids is 2. The summed E-state index contributed by atoms with van der Waals surface area (Å²) < 4.78 is 5.22. The van der Waals surface area contributed by atoms with Gasteiger partial charge in [-0.1, -0.05) is 12.1 Å². The summed E-state index contributed by atoms with van der Waals surface area (Å²) >= 11 is 1.56. The first-order valence-corrected chi connectivity index (χ1v) is 8.89. The zero-order chi connectivity index (χ0) is 17.2. The molecule has 0 radical (unpaired) electrons. The van der Waals surface area contributed by atoms with Crippen LogP contribution in [0, 0.1) is 0 Å². The van der Waals surface area contributed by atoms with Gasteiger partial charge in [-0.2, -0.15) is 0 Å². The lowest BCUT2D eigenvalue weighted by atomic mass is 10.1. The normalized spacial score (nSPS) is 12.9. The summed E-state index contributed by atoms with van der Waals surface area (Å²) in [5, 5.41) is 4.86. The Morgan fingerprint density at radius 1 is 1.20 bits per heavy atom. The molecule has 2 aromatic heterocycles. The van der Waals surface area contributed by atoms with E-state index in [0.29, 0.717) is 24.4 Å². The largest absolute Gasteiger partial charge is 0.459 e. The molecule has 1 aliphatic heterocycles. The van der Waals surface area contributed by atoms with Crippen molar-refractivity contribution < 1.29 is 14.0 Å². The van der Waals surface area contributed by atoms with Crippen LogP contribution < -0.4 is 10.2 Å². The Morgan fingerprint density at radius 3 is 2.88 bits per heavy atom. The Labute approximate surface area is 148 Å². The van der Waals surface area contributed by atoms with Crippen LogP contribution in [0.3, 0.4) is 0 Å². The monoisotopic (exact) mass is 352 g/mol. The zero-order valence-corrected chi connectivity index (χ0v) is 14.2. The van der Waals surface area contributed by atoms with E-state index in [1.54, 1.807) is 28.4 Å². The van der Waals surface area contributed by atoms with Crippen molar-refractivity contribution in [2.45, 2.75) is 12.8 Å². The Kier molecular flexibility index (Phi) is 4.11. The second-order valence-electron chi connectivity index (χ2n) is 5.83. The van der Waals surface area contributed by atoms with Gasteiger partial charge in [0, 0.05) is 22.8 Å². The van der Waals surface area contributed by atoms with Crippen molar-refractivity contribution in [1.82, 2.24) is 0 Å². The van der Waals surface area contributed by atoms with Crippen LogP contribution in [0.5, 0.6) is 0 Å². The van der Waals surface area contributed by atoms with E-state index in [1.807, 2.05) is 35.7 Å². The maximum Gasteiger partial charge on any atom is 0.293 e. The van der Waals surface area contributed by atoms with Crippen molar-refractivity contribution in [1.29, 1.82) is 0 Å². The maximum absolute atomic E-state index is 12.6. The summed E-state index contributed by atoms with van der Waals surface area (Å²) in [5.74, 6) is 0.0927. The molecule has 0 unspecified atom stereocenters. The van der Waals surface area contributed by atoms with E-state index >= 15 is 0 Å². The van der Waals surface area contributed by atoms with Gasteiger partial charge in [-0.15, -0.1) is 11.3 Å². The molecule has 6 heteroatoms. The molecule has 3 heterocycles. The Balaban J connectivity index is 1.52. The van der Waals surface area contributed by atoms with Gasteiger partial charge in [0.2, 0.25) is 5.91 Å². The van der Waals surface area contributed by atoms with E-state index in [0.717, 1.165) is 22.5 Å². The topological polar surface area (TPSA) is 62.6 Å². The number of anilines is 2. The van der Waals surface area contributed by atoms with Crippen LogP contribution in [-0.4, -0.2) is 18.4 Å². The van der Waals surface area contributed by atoms with Crippen LogP contribution in [0.1, 0.15) is 21.0 Å². The van der Waals surface area contributed by atoms with Crippen LogP contribution in [-0.2, 0) is 17.6 Å². The fourth-order valence-electron chi connectivity index (χ4n) is 2.98. The highest BCUT2D eigenvalue weighted by Gasteiger charge is 2.27. The number of amides is 2. The smallest absolute Gasteiger partial charge is 0.293 e. The van der Waals surface area contributed by atoms with E-state index in [-0.39, 0.29) is 11.8 Å². The second-order valence-corrected chi connectivity index (χ2v) is 6.86. The van der Waals surface area contributed by atoms with Crippen molar-refractivity contribution in [3.63, 3.8) is 0 Å². The molecule has 2 amide bonds. The minimum absolute atomic E-state index is 0.0655. The number of thiophene rings is 1. The van der Waals surface area contributed by atoms with Crippen LogP contribution in [0.25, 0.3) is 0 Å². The van der Waals surface area contributed by atoms with E-state index in [4.69, 9.17) is 4.42 Å². The lowest BCUT2D eigenvalue weighted by Crippen LogP contribution is -2.28. The summed E-state index contributed by atoms with van der Waals surface area (Å²) in [6.45, 7) is 0.613. The first-order chi connectivity index (χ1) is 12.2. The van der Waals surface area contributed by atoms with Crippen LogP contribution in [0.2, 0.25) is 0 Å². The highest BCUT2D eigenvalue weighted by Crippen LogP contribution is 2.32. The van der Waals surface area contributed by atoms with Gasteiger partial charge in [-0.05, 0) is 47.7 Å². The molecule has 1 N–H and O–H groups in total. The lowest BCUT2D eigenvalue weighted by molar-refractivity contribution is -0.115. The molecule has 0 spiro atoms. The van der Waals surface area contributed by atoms with Crippen LogP contribution in [0.15, 0.2) is 58.5 Å². The average Bonchev–Trinajstić information content (AvgIpc) is 3.35. The highest BCUT2D eigenvalue weighted by molar-refractivity contribution is 7.10. The summed E-state index contributed by atoms with van der Waals surface area (Å²) in [6.07, 6.45) is 2.64. The molecule has 0 bridgehead atoms. The molecule has 3 aromatic rings. The Hall–Kier alpha value is -2.86. The molecule has 0 fully saturated rings. The molecule has 0 saturated heterocycles. The van der Waals surface area contributed by atoms with E-state index in [9.17, 15) is 9.59 Å². The van der Waals surface area contributed by atoms with Gasteiger partial charge in [0.25, 0.3) is 5.91 Å². The molecular weight excluding hydrogens is 336 g/mol. The first-order valence-electron chi connectivity index (χ1n) is 8.01. The summed E-state index contributed by atoms with van der Waals surface area (Å²) in [5.41, 5.74) is 2.62. The third-order valence-corrected chi connectivity index (χ3v) is 5.03. The lowest BCUT2D eigenvalue weighted by Gasteiger charge is -2.17. The Bertz CT molecular complexity index is 901. The van der Waals surface area contributed by atoms with Gasteiger partial charge in [-0.3, -0.25) is 9.59 Å². The van der Waals surface area contributed by atoms with E-state index < -0.39 is 0 Å². The van der Waals surface area contributed by atoms with Gasteiger partial charge in [0.1, 0.15) is 0 Å². The van der Waals surface area contributed by atoms with Gasteiger partial charge in [0.05, 0.1) is 12.7 Å². The van der Waals surface area contributed by atoms with Crippen LogP contribution >= 0.6 is 11.3 Å². The number of benzene rings is 1. The summed E-state index contributed by atoms with van der Waals surface area (Å²) in [4.78, 5) is 27.5. The summed E-state index contributed by atoms with van der Waals surface area (Å²) in [7, 11) is 0. The number of nitrogens with zero attached hydrogens (tertiary/aromatic N) is 1. The van der Waals surface area contributed by atoms with Crippen molar-refractivity contribution >= 4 is 34.5 Å². The highest BCUT2D eigenvalue weighted by atomic mass is 32.1. The van der Waals surface area contributed by atoms with E-state index in [2.05, 4.69) is 5.32 Å². The van der Waals surface area contributed by atoms with Gasteiger partial charge < -0.3 is 14.6 Å². The molecule has 25 heavy (non-hydrogen) atoms. The molecule has 0 atom stereocenters. The molecule has 1 aliphatic rings. The number of rotatable bonds is 4. The van der Waals surface area contributed by atoms with Gasteiger partial charge >= 0.3 is 0 Å². The standard InChI is InChI=1S/C19H16N2O3S/c22-18(12-15-3-2-10-25-15)20-14-6-5-13-7-8-21(16(13)11-14)19(23)17-4-1-9-24-17/h1-6,9-11H,7-8,12H2,(H,20,22). The van der Waals surface area contributed by atoms with Crippen molar-refractivity contribution in [2.24, 2.45) is 0 Å². The molecular formula is C19H16N2O3S. The predicted molar refractivity (Wildman–Crippen MR) is 97.2 cm³/mol. The second kappa shape index (κ2) is 6.57. The maximum atomic E-state index is 12.6. The number of hydrogen-bond donors (Lipinski definition) is 1. The predicted octanol–water partition coefficient (Wildman–Crippen LogP) is 3.73. The quantitative estimate of drug-likeness (QED) is 0.778. The number of hydrogen-bond acceptors (Lipinski definition) is 4. The molecule has 0 saturated carbocycles. The third kappa shape index (κ3) is 3.21. The molecule has 0 aliphatic carbocycles. The molecule has 1 aromatic carbocycles. The fraction of sp³-hybridized carbons (Fsp3) is 0.158. The number of nitrogens with one attached hydrogen (secondary N) is 1. The fourth-order valence-corrected chi connectivity index (χ4v) is 3.68. The number of fused-ring (bicyclic) bond motifs is 1. The van der Waals surface area contributed by atoms with E-state index in [1.165, 1.54) is 6.26 Å². The molecule has 126 valence electrons. The number of furan rings is 1. The minimum atomic E-state index is -0.161. The van der Waals surface area contributed by atoms with Crippen molar-refractivity contribution in [3.8, 4) is 0 Å². The number of carbonyl (C=O) groups is 2.